The van der Waals surface area contributed by atoms with Gasteiger partial charge < -0.3 is 0 Å². The minimum atomic E-state index is 0.000833. The summed E-state index contributed by atoms with van der Waals surface area (Å²) in [6, 6.07) is 8.10. The molecule has 0 bridgehead atoms. The second-order valence-corrected chi connectivity index (χ2v) is 5.53. The van der Waals surface area contributed by atoms with E-state index in [4.69, 9.17) is 0 Å². The van der Waals surface area contributed by atoms with Crippen LogP contribution < -0.4 is 0 Å². The molecule has 0 spiro atoms. The van der Waals surface area contributed by atoms with Crippen LogP contribution >= 0.6 is 15.9 Å². The van der Waals surface area contributed by atoms with E-state index >= 15 is 0 Å². The van der Waals surface area contributed by atoms with E-state index < -0.39 is 0 Å². The molecule has 1 atom stereocenters. The average Bonchev–Trinajstić information content (AvgIpc) is 2.38. The zero-order valence-electron chi connectivity index (χ0n) is 9.73. The van der Waals surface area contributed by atoms with Crippen LogP contribution in [0.1, 0.15) is 43.7 Å². The van der Waals surface area contributed by atoms with Crippen molar-refractivity contribution < 1.29 is 4.79 Å². The van der Waals surface area contributed by atoms with Gasteiger partial charge in [-0.2, -0.15) is 4.99 Å². The fourth-order valence-electron chi connectivity index (χ4n) is 2.62. The van der Waals surface area contributed by atoms with E-state index in [2.05, 4.69) is 20.9 Å². The van der Waals surface area contributed by atoms with Crippen molar-refractivity contribution in [2.24, 2.45) is 10.9 Å². The van der Waals surface area contributed by atoms with Crippen LogP contribution in [0.15, 0.2) is 33.7 Å². The van der Waals surface area contributed by atoms with Gasteiger partial charge in [0.15, 0.2) is 0 Å². The van der Waals surface area contributed by atoms with Gasteiger partial charge in [0.05, 0.1) is 6.04 Å². The maximum Gasteiger partial charge on any atom is 0.235 e. The van der Waals surface area contributed by atoms with Crippen LogP contribution in [0.5, 0.6) is 0 Å². The number of hydrogen-bond donors (Lipinski definition) is 0. The van der Waals surface area contributed by atoms with Crippen molar-refractivity contribution in [3.05, 3.63) is 34.3 Å². The van der Waals surface area contributed by atoms with Crippen LogP contribution in [0.3, 0.4) is 0 Å². The maximum atomic E-state index is 10.6. The summed E-state index contributed by atoms with van der Waals surface area (Å²) >= 11 is 3.42. The summed E-state index contributed by atoms with van der Waals surface area (Å²) in [5.74, 6) is 0.506. The van der Waals surface area contributed by atoms with Gasteiger partial charge in [0.25, 0.3) is 0 Å². The highest BCUT2D eigenvalue weighted by atomic mass is 79.9. The van der Waals surface area contributed by atoms with Gasteiger partial charge in [0.1, 0.15) is 0 Å². The summed E-state index contributed by atoms with van der Waals surface area (Å²) in [6.45, 7) is 0. The molecule has 0 saturated heterocycles. The Bertz CT molecular complexity index is 403. The molecule has 1 unspecified atom stereocenters. The van der Waals surface area contributed by atoms with Crippen molar-refractivity contribution >= 4 is 22.0 Å². The summed E-state index contributed by atoms with van der Waals surface area (Å²) in [7, 11) is 0. The minimum absolute atomic E-state index is 0.000833. The van der Waals surface area contributed by atoms with Crippen LogP contribution in [-0.4, -0.2) is 6.08 Å². The normalized spacial score (nSPS) is 18.4. The van der Waals surface area contributed by atoms with Gasteiger partial charge in [-0.05, 0) is 36.5 Å². The number of hydrogen-bond acceptors (Lipinski definition) is 2. The van der Waals surface area contributed by atoms with Gasteiger partial charge in [-0.3, -0.25) is 0 Å². The Morgan fingerprint density at radius 3 is 2.41 bits per heavy atom. The molecule has 1 aromatic carbocycles. The Morgan fingerprint density at radius 2 is 1.82 bits per heavy atom. The first-order valence-corrected chi connectivity index (χ1v) is 6.93. The van der Waals surface area contributed by atoms with Crippen molar-refractivity contribution in [3.63, 3.8) is 0 Å². The fourth-order valence-corrected chi connectivity index (χ4v) is 2.88. The molecular formula is C14H16BrNO. The third kappa shape index (κ3) is 3.27. The number of aliphatic imine (C=N–C) groups is 1. The zero-order chi connectivity index (χ0) is 12.1. The number of rotatable bonds is 3. The van der Waals surface area contributed by atoms with E-state index in [0.29, 0.717) is 5.92 Å². The summed E-state index contributed by atoms with van der Waals surface area (Å²) in [6.07, 6.45) is 7.91. The molecule has 0 radical (unpaired) electrons. The predicted molar refractivity (Wildman–Crippen MR) is 71.6 cm³/mol. The largest absolute Gasteiger partial charge is 0.235 e. The van der Waals surface area contributed by atoms with Gasteiger partial charge in [-0.25, -0.2) is 4.79 Å². The van der Waals surface area contributed by atoms with E-state index in [1.54, 1.807) is 6.08 Å². The van der Waals surface area contributed by atoms with Crippen molar-refractivity contribution in [1.29, 1.82) is 0 Å². The van der Waals surface area contributed by atoms with Crippen molar-refractivity contribution in [3.8, 4) is 0 Å². The Kier molecular flexibility index (Phi) is 4.52. The summed E-state index contributed by atoms with van der Waals surface area (Å²) < 4.78 is 1.05. The summed E-state index contributed by atoms with van der Waals surface area (Å²) in [5.41, 5.74) is 1.13. The Balaban J connectivity index is 2.21. The number of isocyanates is 1. The number of nitrogens with zero attached hydrogens (tertiary/aromatic N) is 1. The van der Waals surface area contributed by atoms with Gasteiger partial charge in [-0.1, -0.05) is 47.3 Å². The lowest BCUT2D eigenvalue weighted by Gasteiger charge is -2.26. The molecule has 0 N–H and O–H groups in total. The Morgan fingerprint density at radius 1 is 1.18 bits per heavy atom. The van der Waals surface area contributed by atoms with E-state index in [1.165, 1.54) is 32.1 Å². The molecule has 1 aliphatic carbocycles. The fraction of sp³-hybridized carbons (Fsp3) is 0.500. The highest BCUT2D eigenvalue weighted by molar-refractivity contribution is 9.10. The van der Waals surface area contributed by atoms with Gasteiger partial charge in [-0.15, -0.1) is 0 Å². The van der Waals surface area contributed by atoms with Crippen molar-refractivity contribution in [2.75, 3.05) is 0 Å². The van der Waals surface area contributed by atoms with Crippen molar-refractivity contribution in [1.82, 2.24) is 0 Å². The van der Waals surface area contributed by atoms with E-state index in [9.17, 15) is 4.79 Å². The highest BCUT2D eigenvalue weighted by Crippen LogP contribution is 2.36. The van der Waals surface area contributed by atoms with E-state index in [-0.39, 0.29) is 6.04 Å². The first-order valence-electron chi connectivity index (χ1n) is 6.13. The Labute approximate surface area is 110 Å². The van der Waals surface area contributed by atoms with Crippen molar-refractivity contribution in [2.45, 2.75) is 38.1 Å². The van der Waals surface area contributed by atoms with Crippen LogP contribution in [0.4, 0.5) is 0 Å². The van der Waals surface area contributed by atoms with Crippen LogP contribution in [0.25, 0.3) is 0 Å². The lowest BCUT2D eigenvalue weighted by atomic mass is 9.81. The zero-order valence-corrected chi connectivity index (χ0v) is 11.3. The highest BCUT2D eigenvalue weighted by Gasteiger charge is 2.24. The molecule has 0 aromatic heterocycles. The number of benzene rings is 1. The standard InChI is InChI=1S/C14H16BrNO/c15-13-8-6-12(7-9-13)14(16-10-17)11-4-2-1-3-5-11/h6-9,11,14H,1-5H2. The van der Waals surface area contributed by atoms with E-state index in [0.717, 1.165) is 10.0 Å². The molecule has 1 aromatic rings. The first-order chi connectivity index (χ1) is 8.31. The molecule has 17 heavy (non-hydrogen) atoms. The van der Waals surface area contributed by atoms with Crippen LogP contribution in [0.2, 0.25) is 0 Å². The molecule has 2 rings (SSSR count). The molecule has 2 nitrogen and oxygen atoms in total. The molecule has 0 heterocycles. The second-order valence-electron chi connectivity index (χ2n) is 4.61. The predicted octanol–water partition coefficient (Wildman–Crippen LogP) is 4.41. The van der Waals surface area contributed by atoms with Crippen LogP contribution in [0, 0.1) is 5.92 Å². The SMILES string of the molecule is O=C=NC(c1ccc(Br)cc1)C1CCCCC1. The molecule has 0 amide bonds. The van der Waals surface area contributed by atoms with Gasteiger partial charge >= 0.3 is 0 Å². The number of carbonyl (C=O) groups excluding carboxylic acids is 1. The lowest BCUT2D eigenvalue weighted by Crippen LogP contribution is -2.14. The smallest absolute Gasteiger partial charge is 0.211 e. The molecule has 3 heteroatoms. The maximum absolute atomic E-state index is 10.6. The molecular weight excluding hydrogens is 278 g/mol. The Hall–Kier alpha value is -0.920. The monoisotopic (exact) mass is 293 g/mol. The first kappa shape index (κ1) is 12.5. The third-order valence-corrected chi connectivity index (χ3v) is 4.03. The molecule has 90 valence electrons. The lowest BCUT2D eigenvalue weighted by molar-refractivity contribution is 0.309. The summed E-state index contributed by atoms with van der Waals surface area (Å²) in [4.78, 5) is 14.6. The molecule has 1 saturated carbocycles. The quantitative estimate of drug-likeness (QED) is 0.600. The average molecular weight is 294 g/mol. The van der Waals surface area contributed by atoms with Gasteiger partial charge in [0, 0.05) is 4.47 Å². The molecule has 1 fully saturated rings. The number of halogens is 1. The van der Waals surface area contributed by atoms with Crippen LogP contribution in [-0.2, 0) is 4.79 Å². The van der Waals surface area contributed by atoms with Gasteiger partial charge in [0.2, 0.25) is 6.08 Å². The second kappa shape index (κ2) is 6.13. The summed E-state index contributed by atoms with van der Waals surface area (Å²) in [5, 5.41) is 0. The molecule has 1 aliphatic rings. The third-order valence-electron chi connectivity index (χ3n) is 3.50. The van der Waals surface area contributed by atoms with E-state index in [1.807, 2.05) is 24.3 Å². The molecule has 0 aliphatic heterocycles. The topological polar surface area (TPSA) is 29.4 Å². The minimum Gasteiger partial charge on any atom is -0.211 e.